The van der Waals surface area contributed by atoms with Gasteiger partial charge in [-0.25, -0.2) is 0 Å². The summed E-state index contributed by atoms with van der Waals surface area (Å²) in [6, 6.07) is 0. The number of rotatable bonds is 2. The molecule has 0 bridgehead atoms. The van der Waals surface area contributed by atoms with Crippen molar-refractivity contribution in [1.29, 1.82) is 0 Å². The zero-order chi connectivity index (χ0) is 10.6. The fraction of sp³-hybridized carbons (Fsp3) is 0. The van der Waals surface area contributed by atoms with Gasteiger partial charge in [0.15, 0.2) is 0 Å². The van der Waals surface area contributed by atoms with Crippen LogP contribution >= 0.6 is 0 Å². The third-order valence-electron chi connectivity index (χ3n) is 1.59. The van der Waals surface area contributed by atoms with Crippen LogP contribution in [0, 0.1) is 0 Å². The van der Waals surface area contributed by atoms with Gasteiger partial charge in [0.05, 0.1) is 11.9 Å². The van der Waals surface area contributed by atoms with Gasteiger partial charge >= 0.3 is 37.7 Å². The summed E-state index contributed by atoms with van der Waals surface area (Å²) in [6.07, 6.45) is 8.28. The molecule has 0 fully saturated rings. The maximum atomic E-state index is 10.6. The molecule has 0 aromatic rings. The van der Waals surface area contributed by atoms with Crippen molar-refractivity contribution < 1.29 is 30.8 Å². The van der Waals surface area contributed by atoms with Gasteiger partial charge in [0.25, 0.3) is 0 Å². The Hall–Kier alpha value is -0.920. The first kappa shape index (κ1) is 21.4. The van der Waals surface area contributed by atoms with Gasteiger partial charge in [-0.1, -0.05) is 36.5 Å². The van der Waals surface area contributed by atoms with Crippen LogP contribution in [0.1, 0.15) is 0 Å². The molecule has 0 heterocycles. The molecule has 0 saturated heterocycles. The van der Waals surface area contributed by atoms with Gasteiger partial charge in [0, 0.05) is 11.1 Å². The molecule has 0 spiro atoms. The molecular weight excluding hydrogens is 256 g/mol. The van der Waals surface area contributed by atoms with Crippen LogP contribution in [0.4, 0.5) is 0 Å². The molecule has 17 heavy (non-hydrogen) atoms. The first-order chi connectivity index (χ1) is 6.63. The molecule has 6 nitrogen and oxygen atoms in total. The number of hydrogen-bond acceptors (Lipinski definition) is 4. The van der Waals surface area contributed by atoms with Crippen LogP contribution in [0.15, 0.2) is 47.6 Å². The molecule has 0 aliphatic heterocycles. The second-order valence-corrected chi connectivity index (χ2v) is 2.51. The molecule has 1 rings (SSSR count). The van der Waals surface area contributed by atoms with Crippen LogP contribution in [0.5, 0.6) is 0 Å². The van der Waals surface area contributed by atoms with Crippen molar-refractivity contribution in [3.63, 3.8) is 0 Å². The summed E-state index contributed by atoms with van der Waals surface area (Å²) in [4.78, 5) is 21.1. The quantitative estimate of drug-likeness (QED) is 0.476. The zero-order valence-corrected chi connectivity index (χ0v) is 11.0. The first-order valence-corrected chi connectivity index (χ1v) is 3.81. The largest absolute Gasteiger partial charge is 2.00 e. The smallest absolute Gasteiger partial charge is 0.545 e. The van der Waals surface area contributed by atoms with E-state index in [1.807, 2.05) is 0 Å². The monoisotopic (exact) mass is 266 g/mol. The Labute approximate surface area is 127 Å². The van der Waals surface area contributed by atoms with Gasteiger partial charge in [-0.15, -0.1) is 0 Å². The van der Waals surface area contributed by atoms with Crippen LogP contribution in [0.2, 0.25) is 0 Å². The van der Waals surface area contributed by atoms with E-state index in [1.54, 1.807) is 12.2 Å². The van der Waals surface area contributed by atoms with Crippen molar-refractivity contribution in [2.45, 2.75) is 0 Å². The Morgan fingerprint density at radius 3 is 1.29 bits per heavy atom. The SMILES string of the molecule is O.O.O=C([O-])C1=C(C(=O)[O-])/C=C\C=C/C=C\1.[Ca+2]. The number of hydrogen-bond donors (Lipinski definition) is 0. The summed E-state index contributed by atoms with van der Waals surface area (Å²) >= 11 is 0. The summed E-state index contributed by atoms with van der Waals surface area (Å²) in [5, 5.41) is 21.1. The number of allylic oxidation sites excluding steroid dienone is 4. The summed E-state index contributed by atoms with van der Waals surface area (Å²) in [6.45, 7) is 0. The van der Waals surface area contributed by atoms with E-state index in [0.717, 1.165) is 12.2 Å². The fourth-order valence-electron chi connectivity index (χ4n) is 0.967. The van der Waals surface area contributed by atoms with Gasteiger partial charge in [-0.3, -0.25) is 0 Å². The number of carboxylic acid groups (broad SMARTS) is 2. The van der Waals surface area contributed by atoms with Gasteiger partial charge in [0.1, 0.15) is 0 Å². The zero-order valence-electron chi connectivity index (χ0n) is 8.80. The van der Waals surface area contributed by atoms with E-state index in [-0.39, 0.29) is 48.7 Å². The number of carbonyl (C=O) groups is 2. The van der Waals surface area contributed by atoms with E-state index in [1.165, 1.54) is 12.2 Å². The molecule has 0 aromatic carbocycles. The molecule has 0 unspecified atom stereocenters. The number of carboxylic acids is 2. The molecule has 88 valence electrons. The minimum absolute atomic E-state index is 0. The molecule has 1 aliphatic carbocycles. The minimum Gasteiger partial charge on any atom is -0.545 e. The Morgan fingerprint density at radius 1 is 0.765 bits per heavy atom. The molecule has 7 heteroatoms. The summed E-state index contributed by atoms with van der Waals surface area (Å²) in [5.41, 5.74) is -0.795. The van der Waals surface area contributed by atoms with E-state index >= 15 is 0 Å². The molecule has 1 aliphatic rings. The first-order valence-electron chi connectivity index (χ1n) is 3.81. The Kier molecular flexibility index (Phi) is 12.9. The number of carbonyl (C=O) groups excluding carboxylic acids is 2. The van der Waals surface area contributed by atoms with Crippen LogP contribution in [-0.2, 0) is 9.59 Å². The van der Waals surface area contributed by atoms with Gasteiger partial charge in [-0.05, 0) is 0 Å². The van der Waals surface area contributed by atoms with Crippen molar-refractivity contribution >= 4 is 49.7 Å². The predicted molar refractivity (Wildman–Crippen MR) is 57.4 cm³/mol. The standard InChI is InChI=1S/C10H8O4.Ca.2H2O/c11-9(12)7-5-3-1-2-4-6-8(7)10(13)14;;;/h1-6H,(H,11,12)(H,13,14);;2*1H2/q;+2;;/p-2/b2-1-,3-1?,4-2?,5-3-,6-4-,7-5?,8-6?,8-7-;;;. The van der Waals surface area contributed by atoms with Crippen molar-refractivity contribution in [3.8, 4) is 0 Å². The van der Waals surface area contributed by atoms with Crippen molar-refractivity contribution in [2.75, 3.05) is 0 Å². The molecule has 0 saturated carbocycles. The van der Waals surface area contributed by atoms with E-state index in [0.29, 0.717) is 0 Å². The van der Waals surface area contributed by atoms with Gasteiger partial charge in [-0.2, -0.15) is 0 Å². The van der Waals surface area contributed by atoms with Crippen molar-refractivity contribution in [1.82, 2.24) is 0 Å². The Balaban J connectivity index is -0.000000653. The summed E-state index contributed by atoms with van der Waals surface area (Å²) < 4.78 is 0. The third-order valence-corrected chi connectivity index (χ3v) is 1.59. The van der Waals surface area contributed by atoms with Crippen LogP contribution in [-0.4, -0.2) is 60.6 Å². The van der Waals surface area contributed by atoms with E-state index in [4.69, 9.17) is 0 Å². The van der Waals surface area contributed by atoms with E-state index in [9.17, 15) is 19.8 Å². The maximum Gasteiger partial charge on any atom is 2.00 e. The van der Waals surface area contributed by atoms with Crippen LogP contribution in [0.3, 0.4) is 0 Å². The molecule has 0 radical (unpaired) electrons. The second-order valence-electron chi connectivity index (χ2n) is 2.51. The maximum absolute atomic E-state index is 10.6. The predicted octanol–water partition coefficient (Wildman–Crippen LogP) is -3.57. The topological polar surface area (TPSA) is 143 Å². The summed E-state index contributed by atoms with van der Waals surface area (Å²) in [5.74, 6) is -3.08. The number of aliphatic carboxylic acids is 2. The Morgan fingerprint density at radius 2 is 1.06 bits per heavy atom. The van der Waals surface area contributed by atoms with Crippen LogP contribution < -0.4 is 10.2 Å². The normalized spacial score (nSPS) is 22.4. The van der Waals surface area contributed by atoms with E-state index < -0.39 is 23.1 Å². The van der Waals surface area contributed by atoms with Gasteiger partial charge < -0.3 is 30.8 Å². The Bertz CT molecular complexity index is 356. The third kappa shape index (κ3) is 6.40. The molecule has 4 N–H and O–H groups in total. The van der Waals surface area contributed by atoms with Crippen molar-refractivity contribution in [3.05, 3.63) is 47.6 Å². The van der Waals surface area contributed by atoms with Crippen molar-refractivity contribution in [2.24, 2.45) is 0 Å². The molecule has 0 amide bonds. The molecule has 0 aromatic heterocycles. The average Bonchev–Trinajstić information content (AvgIpc) is 2.01. The minimum atomic E-state index is -1.54. The van der Waals surface area contributed by atoms with Crippen LogP contribution in [0.25, 0.3) is 0 Å². The molecule has 0 atom stereocenters. The summed E-state index contributed by atoms with van der Waals surface area (Å²) in [7, 11) is 0. The second kappa shape index (κ2) is 10.2. The fourth-order valence-corrected chi connectivity index (χ4v) is 0.967. The van der Waals surface area contributed by atoms with E-state index in [2.05, 4.69) is 0 Å². The van der Waals surface area contributed by atoms with Gasteiger partial charge in [0.2, 0.25) is 0 Å². The molecular formula is C10H10CaO6. The average molecular weight is 266 g/mol.